The maximum Gasteiger partial charge on any atom is 0.217 e. The van der Waals surface area contributed by atoms with E-state index in [9.17, 15) is 5.11 Å². The summed E-state index contributed by atoms with van der Waals surface area (Å²) in [5.74, 6) is -1.70. The van der Waals surface area contributed by atoms with Gasteiger partial charge in [-0.2, -0.15) is 5.06 Å². The van der Waals surface area contributed by atoms with E-state index in [2.05, 4.69) is 24.3 Å². The lowest BCUT2D eigenvalue weighted by Crippen LogP contribution is -2.49. The summed E-state index contributed by atoms with van der Waals surface area (Å²) in [5, 5.41) is 13.0. The molecule has 0 aliphatic carbocycles. The van der Waals surface area contributed by atoms with E-state index in [4.69, 9.17) is 24.8 Å². The van der Waals surface area contributed by atoms with Crippen molar-refractivity contribution < 1.29 is 24.2 Å². The van der Waals surface area contributed by atoms with Crippen molar-refractivity contribution in [2.75, 3.05) is 19.6 Å². The molecule has 0 amide bonds. The summed E-state index contributed by atoms with van der Waals surface area (Å²) in [4.78, 5) is 6.59. The molecule has 0 spiro atoms. The highest BCUT2D eigenvalue weighted by molar-refractivity contribution is 5.15. The number of benzene rings is 1. The summed E-state index contributed by atoms with van der Waals surface area (Å²) in [6.07, 6.45) is 5.19. The van der Waals surface area contributed by atoms with Crippen LogP contribution >= 0.6 is 0 Å². The SMILES string of the molecule is CC1(C)O[C@H]2[C@@H]([C@H](O)CCCCN)O[C@](CCCc3ccccc3)(ON3CCCC3)[C@H]2O1. The Morgan fingerprint density at radius 1 is 1.09 bits per heavy atom. The molecule has 4 rings (SSSR count). The van der Waals surface area contributed by atoms with E-state index in [1.807, 2.05) is 25.0 Å². The van der Waals surface area contributed by atoms with Crippen LogP contribution in [0.5, 0.6) is 0 Å². The summed E-state index contributed by atoms with van der Waals surface area (Å²) in [6.45, 7) is 6.24. The van der Waals surface area contributed by atoms with Crippen molar-refractivity contribution in [1.82, 2.24) is 5.06 Å². The number of aliphatic hydroxyl groups is 1. The van der Waals surface area contributed by atoms with E-state index in [0.717, 1.165) is 51.6 Å². The van der Waals surface area contributed by atoms with E-state index < -0.39 is 23.8 Å². The molecular weight excluding hydrogens is 408 g/mol. The second-order valence-electron chi connectivity index (χ2n) is 9.83. The molecule has 3 aliphatic rings. The zero-order chi connectivity index (χ0) is 22.6. The molecule has 5 atom stereocenters. The van der Waals surface area contributed by atoms with Crippen molar-refractivity contribution >= 4 is 0 Å². The van der Waals surface area contributed by atoms with Crippen LogP contribution in [0.15, 0.2) is 30.3 Å². The quantitative estimate of drug-likeness (QED) is 0.503. The molecule has 3 saturated heterocycles. The summed E-state index contributed by atoms with van der Waals surface area (Å²) >= 11 is 0. The first-order chi connectivity index (χ1) is 15.4. The number of fused-ring (bicyclic) bond motifs is 1. The fourth-order valence-corrected chi connectivity index (χ4v) is 5.20. The van der Waals surface area contributed by atoms with Crippen molar-refractivity contribution in [3.63, 3.8) is 0 Å². The fourth-order valence-electron chi connectivity index (χ4n) is 5.20. The van der Waals surface area contributed by atoms with E-state index in [1.54, 1.807) is 0 Å². The molecule has 3 N–H and O–H groups in total. The third-order valence-electron chi connectivity index (χ3n) is 6.74. The zero-order valence-corrected chi connectivity index (χ0v) is 19.6. The van der Waals surface area contributed by atoms with Gasteiger partial charge in [-0.05, 0) is 70.9 Å². The first-order valence-corrected chi connectivity index (χ1v) is 12.3. The van der Waals surface area contributed by atoms with Gasteiger partial charge in [-0.1, -0.05) is 30.3 Å². The number of hydrogen-bond acceptors (Lipinski definition) is 7. The Bertz CT molecular complexity index is 712. The Hall–Kier alpha value is -1.06. The third kappa shape index (κ3) is 5.53. The van der Waals surface area contributed by atoms with Gasteiger partial charge in [0.15, 0.2) is 5.79 Å². The van der Waals surface area contributed by atoms with Gasteiger partial charge >= 0.3 is 0 Å². The van der Waals surface area contributed by atoms with E-state index >= 15 is 0 Å². The molecule has 3 fully saturated rings. The van der Waals surface area contributed by atoms with E-state index in [0.29, 0.717) is 19.4 Å². The van der Waals surface area contributed by atoms with Crippen LogP contribution in [0.3, 0.4) is 0 Å². The second kappa shape index (κ2) is 10.5. The van der Waals surface area contributed by atoms with Gasteiger partial charge in [0.05, 0.1) is 6.10 Å². The maximum atomic E-state index is 11.0. The monoisotopic (exact) mass is 448 g/mol. The van der Waals surface area contributed by atoms with Crippen LogP contribution in [0, 0.1) is 0 Å². The molecule has 1 aromatic rings. The summed E-state index contributed by atoms with van der Waals surface area (Å²) < 4.78 is 19.3. The van der Waals surface area contributed by atoms with Crippen molar-refractivity contribution in [2.45, 2.75) is 101 Å². The second-order valence-corrected chi connectivity index (χ2v) is 9.83. The van der Waals surface area contributed by atoms with Gasteiger partial charge in [-0.15, -0.1) is 0 Å². The number of hydrogen-bond donors (Lipinski definition) is 2. The van der Waals surface area contributed by atoms with Crippen molar-refractivity contribution in [3.05, 3.63) is 35.9 Å². The minimum absolute atomic E-state index is 0.364. The number of hydroxylamine groups is 2. The molecule has 3 aliphatic heterocycles. The van der Waals surface area contributed by atoms with Gasteiger partial charge in [0.1, 0.15) is 18.3 Å². The lowest BCUT2D eigenvalue weighted by atomic mass is 9.96. The van der Waals surface area contributed by atoms with Crippen LogP contribution in [-0.2, 0) is 25.5 Å². The molecule has 7 nitrogen and oxygen atoms in total. The van der Waals surface area contributed by atoms with Crippen molar-refractivity contribution in [3.8, 4) is 0 Å². The van der Waals surface area contributed by atoms with Crippen LogP contribution in [0.2, 0.25) is 0 Å². The van der Waals surface area contributed by atoms with Crippen LogP contribution in [-0.4, -0.2) is 65.8 Å². The third-order valence-corrected chi connectivity index (χ3v) is 6.74. The predicted octanol–water partition coefficient (Wildman–Crippen LogP) is 3.14. The van der Waals surface area contributed by atoms with Crippen molar-refractivity contribution in [1.29, 1.82) is 0 Å². The van der Waals surface area contributed by atoms with Crippen LogP contribution in [0.4, 0.5) is 0 Å². The van der Waals surface area contributed by atoms with Gasteiger partial charge in [-0.25, -0.2) is 0 Å². The first kappa shape index (κ1) is 24.1. The van der Waals surface area contributed by atoms with E-state index in [1.165, 1.54) is 5.56 Å². The normalized spacial score (nSPS) is 32.9. The largest absolute Gasteiger partial charge is 0.390 e. The maximum absolute atomic E-state index is 11.0. The minimum Gasteiger partial charge on any atom is -0.390 e. The molecule has 0 bridgehead atoms. The van der Waals surface area contributed by atoms with Crippen LogP contribution < -0.4 is 5.73 Å². The minimum atomic E-state index is -0.961. The Morgan fingerprint density at radius 3 is 2.56 bits per heavy atom. The Morgan fingerprint density at radius 2 is 1.84 bits per heavy atom. The highest BCUT2D eigenvalue weighted by Crippen LogP contribution is 2.48. The Labute approximate surface area is 192 Å². The Balaban J connectivity index is 1.53. The smallest absolute Gasteiger partial charge is 0.217 e. The van der Waals surface area contributed by atoms with Gasteiger partial charge in [0.25, 0.3) is 0 Å². The fraction of sp³-hybridized carbons (Fsp3) is 0.760. The molecule has 0 radical (unpaired) electrons. The van der Waals surface area contributed by atoms with Crippen molar-refractivity contribution in [2.24, 2.45) is 5.73 Å². The molecule has 1 aromatic carbocycles. The van der Waals surface area contributed by atoms with Gasteiger partial charge in [0, 0.05) is 19.5 Å². The zero-order valence-electron chi connectivity index (χ0n) is 19.6. The Kier molecular flexibility index (Phi) is 7.88. The highest BCUT2D eigenvalue weighted by atomic mass is 16.9. The molecule has 0 saturated carbocycles. The molecule has 180 valence electrons. The van der Waals surface area contributed by atoms with Gasteiger partial charge in [-0.3, -0.25) is 4.84 Å². The number of ether oxygens (including phenoxy) is 3. The first-order valence-electron chi connectivity index (χ1n) is 12.3. The average molecular weight is 449 g/mol. The van der Waals surface area contributed by atoms with Gasteiger partial charge < -0.3 is 25.1 Å². The lowest BCUT2D eigenvalue weighted by molar-refractivity contribution is -0.373. The molecule has 32 heavy (non-hydrogen) atoms. The summed E-state index contributed by atoms with van der Waals surface area (Å²) in [7, 11) is 0. The molecule has 0 unspecified atom stereocenters. The number of nitrogens with zero attached hydrogens (tertiary/aromatic N) is 1. The number of nitrogens with two attached hydrogens (primary N) is 1. The summed E-state index contributed by atoms with van der Waals surface area (Å²) in [6, 6.07) is 10.5. The van der Waals surface area contributed by atoms with Crippen LogP contribution in [0.25, 0.3) is 0 Å². The van der Waals surface area contributed by atoms with E-state index in [-0.39, 0.29) is 12.2 Å². The number of rotatable bonds is 11. The predicted molar refractivity (Wildman–Crippen MR) is 122 cm³/mol. The van der Waals surface area contributed by atoms with Gasteiger partial charge in [0.2, 0.25) is 5.79 Å². The number of unbranched alkanes of at least 4 members (excludes halogenated alkanes) is 1. The molecule has 7 heteroatoms. The van der Waals surface area contributed by atoms with Crippen LogP contribution in [0.1, 0.15) is 64.4 Å². The topological polar surface area (TPSA) is 86.4 Å². The molecule has 0 aromatic heterocycles. The number of aryl methyl sites for hydroxylation is 1. The average Bonchev–Trinajstić information content (AvgIpc) is 3.45. The lowest BCUT2D eigenvalue weighted by Gasteiger charge is -2.37. The highest BCUT2D eigenvalue weighted by Gasteiger charge is 2.65. The number of aliphatic hydroxyl groups excluding tert-OH is 1. The molecular formula is C25H40N2O5. The standard InChI is InChI=1S/C25H40N2O5/c1-24(2)29-22-21(20(28)14-6-7-16-26)30-25(23(22)31-24,32-27-17-8-9-18-27)15-10-13-19-11-4-3-5-12-19/h3-5,11-12,20-23,28H,6-10,13-18,26H2,1-2H3/t20-,21-,22+,23+,25-/m1/s1. The molecule has 3 heterocycles. The summed E-state index contributed by atoms with van der Waals surface area (Å²) in [5.41, 5.74) is 6.94.